The zero-order chi connectivity index (χ0) is 14.4. The molecule has 0 unspecified atom stereocenters. The Morgan fingerprint density at radius 3 is 2.75 bits per heavy atom. The van der Waals surface area contributed by atoms with Crippen LogP contribution in [0.1, 0.15) is 24.8 Å². The lowest BCUT2D eigenvalue weighted by Gasteiger charge is -2.10. The Morgan fingerprint density at radius 1 is 1.30 bits per heavy atom. The molecule has 1 aromatic rings. The van der Waals surface area contributed by atoms with Crippen LogP contribution in [0, 0.1) is 5.92 Å². The van der Waals surface area contributed by atoms with E-state index in [1.165, 1.54) is 12.8 Å². The van der Waals surface area contributed by atoms with E-state index in [0.29, 0.717) is 25.1 Å². The summed E-state index contributed by atoms with van der Waals surface area (Å²) in [4.78, 5) is 0.265. The highest BCUT2D eigenvalue weighted by atomic mass is 32.2. The zero-order valence-corrected chi connectivity index (χ0v) is 12.4. The fourth-order valence-electron chi connectivity index (χ4n) is 1.93. The van der Waals surface area contributed by atoms with Gasteiger partial charge in [-0.25, -0.2) is 13.1 Å². The standard InChI is InChI=1S/C14H22N2O3S/c15-10-13-4-1-2-5-14(13)20(17,18)16-8-3-9-19-11-12-6-7-12/h1-2,4-5,12,16H,3,6-11,15H2. The highest BCUT2D eigenvalue weighted by Gasteiger charge is 2.21. The molecular weight excluding hydrogens is 276 g/mol. The number of nitrogens with one attached hydrogen (secondary N) is 1. The maximum Gasteiger partial charge on any atom is 0.240 e. The smallest absolute Gasteiger partial charge is 0.240 e. The van der Waals surface area contributed by atoms with E-state index in [4.69, 9.17) is 10.5 Å². The van der Waals surface area contributed by atoms with Gasteiger partial charge in [0.2, 0.25) is 10.0 Å². The Hall–Kier alpha value is -0.950. The quantitative estimate of drug-likeness (QED) is 0.672. The molecular formula is C14H22N2O3S. The van der Waals surface area contributed by atoms with Gasteiger partial charge in [0.1, 0.15) is 0 Å². The van der Waals surface area contributed by atoms with Gasteiger partial charge in [0.15, 0.2) is 0 Å². The summed E-state index contributed by atoms with van der Waals surface area (Å²) >= 11 is 0. The van der Waals surface area contributed by atoms with Crippen molar-refractivity contribution in [3.8, 4) is 0 Å². The van der Waals surface area contributed by atoms with Crippen molar-refractivity contribution in [2.24, 2.45) is 11.7 Å². The maximum atomic E-state index is 12.2. The first-order valence-electron chi connectivity index (χ1n) is 6.99. The Bertz CT molecular complexity index is 527. The van der Waals surface area contributed by atoms with E-state index < -0.39 is 10.0 Å². The van der Waals surface area contributed by atoms with Crippen LogP contribution < -0.4 is 10.5 Å². The number of sulfonamides is 1. The SMILES string of the molecule is NCc1ccccc1S(=O)(=O)NCCCOCC1CC1. The van der Waals surface area contributed by atoms with Crippen molar-refractivity contribution in [3.05, 3.63) is 29.8 Å². The molecule has 6 heteroatoms. The Morgan fingerprint density at radius 2 is 2.05 bits per heavy atom. The number of ether oxygens (including phenoxy) is 1. The molecule has 0 amide bonds. The van der Waals surface area contributed by atoms with Crippen LogP contribution in [-0.4, -0.2) is 28.2 Å². The summed E-state index contributed by atoms with van der Waals surface area (Å²) in [7, 11) is -3.48. The van der Waals surface area contributed by atoms with Crippen LogP contribution in [0.2, 0.25) is 0 Å². The van der Waals surface area contributed by atoms with Crippen molar-refractivity contribution in [1.29, 1.82) is 0 Å². The molecule has 1 aliphatic rings. The third-order valence-corrected chi connectivity index (χ3v) is 4.85. The van der Waals surface area contributed by atoms with Gasteiger partial charge in [0, 0.05) is 26.3 Å². The molecule has 3 N–H and O–H groups in total. The third-order valence-electron chi connectivity index (χ3n) is 3.29. The van der Waals surface area contributed by atoms with Crippen LogP contribution >= 0.6 is 0 Å². The van der Waals surface area contributed by atoms with Crippen LogP contribution in [-0.2, 0) is 21.3 Å². The fourth-order valence-corrected chi connectivity index (χ4v) is 3.25. The third kappa shape index (κ3) is 4.56. The van der Waals surface area contributed by atoms with Crippen molar-refractivity contribution in [2.75, 3.05) is 19.8 Å². The molecule has 5 nitrogen and oxygen atoms in total. The maximum absolute atomic E-state index is 12.2. The van der Waals surface area contributed by atoms with Gasteiger partial charge in [-0.05, 0) is 36.8 Å². The number of rotatable bonds is 9. The van der Waals surface area contributed by atoms with Gasteiger partial charge in [0.05, 0.1) is 4.90 Å². The Kier molecular flexibility index (Phi) is 5.54. The van der Waals surface area contributed by atoms with Crippen molar-refractivity contribution in [2.45, 2.75) is 30.7 Å². The normalized spacial score (nSPS) is 15.4. The van der Waals surface area contributed by atoms with E-state index in [0.717, 1.165) is 12.5 Å². The van der Waals surface area contributed by atoms with Crippen LogP contribution in [0.25, 0.3) is 0 Å². The average molecular weight is 298 g/mol. The molecule has 0 saturated heterocycles. The molecule has 0 heterocycles. The molecule has 1 aliphatic carbocycles. The molecule has 1 fully saturated rings. The summed E-state index contributed by atoms with van der Waals surface area (Å²) < 4.78 is 32.4. The molecule has 0 atom stereocenters. The van der Waals surface area contributed by atoms with Crippen molar-refractivity contribution in [3.63, 3.8) is 0 Å². The van der Waals surface area contributed by atoms with Crippen molar-refractivity contribution in [1.82, 2.24) is 4.72 Å². The minimum atomic E-state index is -3.48. The van der Waals surface area contributed by atoms with Gasteiger partial charge in [0.25, 0.3) is 0 Å². The van der Waals surface area contributed by atoms with Crippen LogP contribution in [0.4, 0.5) is 0 Å². The molecule has 20 heavy (non-hydrogen) atoms. The summed E-state index contributed by atoms with van der Waals surface area (Å²) in [6.45, 7) is 1.99. The second-order valence-electron chi connectivity index (χ2n) is 5.08. The second-order valence-corrected chi connectivity index (χ2v) is 6.82. The first kappa shape index (κ1) is 15.4. The number of hydrogen-bond donors (Lipinski definition) is 2. The lowest BCUT2D eigenvalue weighted by molar-refractivity contribution is 0.123. The minimum absolute atomic E-state index is 0.210. The monoisotopic (exact) mass is 298 g/mol. The summed E-state index contributed by atoms with van der Waals surface area (Å²) in [5, 5.41) is 0. The minimum Gasteiger partial charge on any atom is -0.381 e. The molecule has 1 saturated carbocycles. The fraction of sp³-hybridized carbons (Fsp3) is 0.571. The lowest BCUT2D eigenvalue weighted by atomic mass is 10.2. The van der Waals surface area contributed by atoms with Gasteiger partial charge in [-0.3, -0.25) is 0 Å². The van der Waals surface area contributed by atoms with E-state index in [2.05, 4.69) is 4.72 Å². The Balaban J connectivity index is 1.77. The van der Waals surface area contributed by atoms with Crippen molar-refractivity contribution >= 4 is 10.0 Å². The van der Waals surface area contributed by atoms with E-state index in [-0.39, 0.29) is 11.4 Å². The molecule has 1 aromatic carbocycles. The van der Waals surface area contributed by atoms with Crippen LogP contribution in [0.15, 0.2) is 29.2 Å². The van der Waals surface area contributed by atoms with Gasteiger partial charge >= 0.3 is 0 Å². The van der Waals surface area contributed by atoms with E-state index in [1.807, 2.05) is 0 Å². The molecule has 0 spiro atoms. The topological polar surface area (TPSA) is 81.4 Å². The van der Waals surface area contributed by atoms with Gasteiger partial charge in [-0.15, -0.1) is 0 Å². The first-order chi connectivity index (χ1) is 9.63. The largest absolute Gasteiger partial charge is 0.381 e. The number of benzene rings is 1. The van der Waals surface area contributed by atoms with E-state index in [9.17, 15) is 8.42 Å². The predicted octanol–water partition coefficient (Wildman–Crippen LogP) is 1.24. The first-order valence-corrected chi connectivity index (χ1v) is 8.47. The summed E-state index contributed by atoms with van der Waals surface area (Å²) in [5.41, 5.74) is 6.19. The van der Waals surface area contributed by atoms with Gasteiger partial charge < -0.3 is 10.5 Å². The van der Waals surface area contributed by atoms with Crippen molar-refractivity contribution < 1.29 is 13.2 Å². The second kappa shape index (κ2) is 7.17. The lowest BCUT2D eigenvalue weighted by Crippen LogP contribution is -2.27. The molecule has 2 rings (SSSR count). The van der Waals surface area contributed by atoms with Crippen LogP contribution in [0.5, 0.6) is 0 Å². The Labute approximate surface area is 120 Å². The van der Waals surface area contributed by atoms with E-state index >= 15 is 0 Å². The van der Waals surface area contributed by atoms with E-state index in [1.54, 1.807) is 24.3 Å². The number of hydrogen-bond acceptors (Lipinski definition) is 4. The summed E-state index contributed by atoms with van der Waals surface area (Å²) in [6, 6.07) is 6.79. The van der Waals surface area contributed by atoms with Gasteiger partial charge in [-0.1, -0.05) is 18.2 Å². The summed E-state index contributed by atoms with van der Waals surface area (Å²) in [6.07, 6.45) is 3.21. The van der Waals surface area contributed by atoms with Crippen LogP contribution in [0.3, 0.4) is 0 Å². The zero-order valence-electron chi connectivity index (χ0n) is 11.5. The highest BCUT2D eigenvalue weighted by Crippen LogP contribution is 2.28. The molecule has 0 radical (unpaired) electrons. The van der Waals surface area contributed by atoms with Gasteiger partial charge in [-0.2, -0.15) is 0 Å². The molecule has 112 valence electrons. The summed E-state index contributed by atoms with van der Waals surface area (Å²) in [5.74, 6) is 0.739. The predicted molar refractivity (Wildman–Crippen MR) is 77.7 cm³/mol. The highest BCUT2D eigenvalue weighted by molar-refractivity contribution is 7.89. The molecule has 0 aliphatic heterocycles. The average Bonchev–Trinajstić information content (AvgIpc) is 3.26. The molecule has 0 aromatic heterocycles. The number of nitrogens with two attached hydrogens (primary N) is 1. The molecule has 0 bridgehead atoms.